The van der Waals surface area contributed by atoms with Gasteiger partial charge in [0.2, 0.25) is 0 Å². The van der Waals surface area contributed by atoms with Gasteiger partial charge in [0.05, 0.1) is 16.2 Å². The molecular weight excluding hydrogens is 326 g/mol. The second-order valence-electron chi connectivity index (χ2n) is 4.53. The summed E-state index contributed by atoms with van der Waals surface area (Å²) in [4.78, 5) is 4.25. The van der Waals surface area contributed by atoms with E-state index in [2.05, 4.69) is 20.9 Å². The molecule has 1 aromatic heterocycles. The van der Waals surface area contributed by atoms with Crippen molar-refractivity contribution in [2.75, 3.05) is 0 Å². The molecule has 0 spiro atoms. The van der Waals surface area contributed by atoms with E-state index in [-0.39, 0.29) is 16.5 Å². The summed E-state index contributed by atoms with van der Waals surface area (Å²) in [6, 6.07) is 5.79. The minimum absolute atomic E-state index is 0.0143. The molecule has 0 radical (unpaired) electrons. The Bertz CT molecular complexity index is 617. The SMILES string of the molecule is CCc1cccnc1C(N)Cc1c(F)ccc(Br)c1F. The van der Waals surface area contributed by atoms with Gasteiger partial charge in [-0.2, -0.15) is 0 Å². The molecule has 0 aliphatic heterocycles. The molecule has 0 bridgehead atoms. The molecule has 2 aromatic rings. The predicted molar refractivity (Wildman–Crippen MR) is 78.3 cm³/mol. The zero-order valence-corrected chi connectivity index (χ0v) is 12.6. The average molecular weight is 341 g/mol. The predicted octanol–water partition coefficient (Wildman–Crippen LogP) is 3.93. The van der Waals surface area contributed by atoms with Gasteiger partial charge in [-0.3, -0.25) is 4.98 Å². The van der Waals surface area contributed by atoms with Crippen molar-refractivity contribution in [2.45, 2.75) is 25.8 Å². The van der Waals surface area contributed by atoms with Crippen LogP contribution in [0, 0.1) is 11.6 Å². The minimum atomic E-state index is -0.602. The van der Waals surface area contributed by atoms with Crippen LogP contribution >= 0.6 is 15.9 Å². The van der Waals surface area contributed by atoms with Gasteiger partial charge < -0.3 is 5.73 Å². The topological polar surface area (TPSA) is 38.9 Å². The van der Waals surface area contributed by atoms with Crippen LogP contribution in [-0.4, -0.2) is 4.98 Å². The van der Waals surface area contributed by atoms with Gasteiger partial charge in [0.15, 0.2) is 0 Å². The van der Waals surface area contributed by atoms with E-state index in [1.807, 2.05) is 19.1 Å². The smallest absolute Gasteiger partial charge is 0.143 e. The highest BCUT2D eigenvalue weighted by Gasteiger charge is 2.18. The highest BCUT2D eigenvalue weighted by molar-refractivity contribution is 9.10. The molecule has 1 heterocycles. The number of hydrogen-bond acceptors (Lipinski definition) is 2. The Hall–Kier alpha value is -1.33. The van der Waals surface area contributed by atoms with Crippen molar-refractivity contribution in [3.8, 4) is 0 Å². The van der Waals surface area contributed by atoms with Gasteiger partial charge in [-0.25, -0.2) is 8.78 Å². The van der Waals surface area contributed by atoms with Crippen LogP contribution in [0.25, 0.3) is 0 Å². The largest absolute Gasteiger partial charge is 0.322 e. The first-order chi connectivity index (χ1) is 9.54. The highest BCUT2D eigenvalue weighted by Crippen LogP contribution is 2.26. The Morgan fingerprint density at radius 2 is 2.05 bits per heavy atom. The third-order valence-electron chi connectivity index (χ3n) is 3.22. The zero-order valence-electron chi connectivity index (χ0n) is 11.0. The number of aromatic nitrogens is 1. The van der Waals surface area contributed by atoms with Crippen LogP contribution in [0.1, 0.15) is 29.8 Å². The number of halogens is 3. The van der Waals surface area contributed by atoms with E-state index in [0.717, 1.165) is 12.0 Å². The van der Waals surface area contributed by atoms with Crippen LogP contribution in [0.2, 0.25) is 0 Å². The number of hydrogen-bond donors (Lipinski definition) is 1. The third-order valence-corrected chi connectivity index (χ3v) is 3.83. The maximum atomic E-state index is 14.0. The van der Waals surface area contributed by atoms with Crippen LogP contribution in [0.4, 0.5) is 8.78 Å². The number of pyridine rings is 1. The van der Waals surface area contributed by atoms with Crippen molar-refractivity contribution >= 4 is 15.9 Å². The highest BCUT2D eigenvalue weighted by atomic mass is 79.9. The summed E-state index contributed by atoms with van der Waals surface area (Å²) >= 11 is 3.06. The summed E-state index contributed by atoms with van der Waals surface area (Å²) in [5.41, 5.74) is 7.75. The fourth-order valence-electron chi connectivity index (χ4n) is 2.16. The molecule has 1 atom stereocenters. The molecule has 20 heavy (non-hydrogen) atoms. The summed E-state index contributed by atoms with van der Waals surface area (Å²) < 4.78 is 27.9. The molecular formula is C15H15BrF2N2. The molecule has 0 aliphatic carbocycles. The van der Waals surface area contributed by atoms with Crippen LogP contribution in [-0.2, 0) is 12.8 Å². The number of aryl methyl sites for hydroxylation is 1. The van der Waals surface area contributed by atoms with Crippen molar-refractivity contribution in [2.24, 2.45) is 5.73 Å². The van der Waals surface area contributed by atoms with E-state index in [0.29, 0.717) is 5.69 Å². The van der Waals surface area contributed by atoms with E-state index in [1.54, 1.807) is 6.20 Å². The number of benzene rings is 1. The van der Waals surface area contributed by atoms with Gasteiger partial charge in [-0.15, -0.1) is 0 Å². The van der Waals surface area contributed by atoms with E-state index in [9.17, 15) is 8.78 Å². The van der Waals surface area contributed by atoms with Crippen LogP contribution in [0.3, 0.4) is 0 Å². The minimum Gasteiger partial charge on any atom is -0.322 e. The Morgan fingerprint density at radius 3 is 2.75 bits per heavy atom. The van der Waals surface area contributed by atoms with Crippen LogP contribution in [0.15, 0.2) is 34.9 Å². The normalized spacial score (nSPS) is 12.4. The molecule has 2 N–H and O–H groups in total. The summed E-state index contributed by atoms with van der Waals surface area (Å²) in [7, 11) is 0. The Balaban J connectivity index is 2.33. The van der Waals surface area contributed by atoms with Gasteiger partial charge in [0.25, 0.3) is 0 Å². The fraction of sp³-hybridized carbons (Fsp3) is 0.267. The second kappa shape index (κ2) is 6.41. The fourth-order valence-corrected chi connectivity index (χ4v) is 2.53. The molecule has 106 valence electrons. The molecule has 0 fully saturated rings. The van der Waals surface area contributed by atoms with Gasteiger partial charge in [-0.1, -0.05) is 13.0 Å². The van der Waals surface area contributed by atoms with Crippen molar-refractivity contribution in [3.05, 3.63) is 63.4 Å². The van der Waals surface area contributed by atoms with E-state index >= 15 is 0 Å². The second-order valence-corrected chi connectivity index (χ2v) is 5.39. The van der Waals surface area contributed by atoms with Gasteiger partial charge in [-0.05, 0) is 52.5 Å². The average Bonchev–Trinajstić information content (AvgIpc) is 2.47. The zero-order chi connectivity index (χ0) is 14.7. The first-order valence-corrected chi connectivity index (χ1v) is 7.15. The number of nitrogens with zero attached hydrogens (tertiary/aromatic N) is 1. The number of rotatable bonds is 4. The van der Waals surface area contributed by atoms with Crippen molar-refractivity contribution in [1.82, 2.24) is 4.98 Å². The monoisotopic (exact) mass is 340 g/mol. The molecule has 0 amide bonds. The van der Waals surface area contributed by atoms with E-state index in [1.165, 1.54) is 12.1 Å². The van der Waals surface area contributed by atoms with Gasteiger partial charge >= 0.3 is 0 Å². The van der Waals surface area contributed by atoms with Crippen molar-refractivity contribution < 1.29 is 8.78 Å². The molecule has 2 nitrogen and oxygen atoms in total. The van der Waals surface area contributed by atoms with Gasteiger partial charge in [0.1, 0.15) is 11.6 Å². The summed E-state index contributed by atoms with van der Waals surface area (Å²) in [6.45, 7) is 1.99. The quantitative estimate of drug-likeness (QED) is 0.856. The Labute approximate surface area is 125 Å². The van der Waals surface area contributed by atoms with Gasteiger partial charge in [0, 0.05) is 11.8 Å². The van der Waals surface area contributed by atoms with Crippen LogP contribution < -0.4 is 5.73 Å². The lowest BCUT2D eigenvalue weighted by Gasteiger charge is -2.16. The molecule has 1 unspecified atom stereocenters. The lowest BCUT2D eigenvalue weighted by molar-refractivity contribution is 0.533. The third kappa shape index (κ3) is 3.04. The summed E-state index contributed by atoms with van der Waals surface area (Å²) in [6.07, 6.45) is 2.49. The van der Waals surface area contributed by atoms with Crippen LogP contribution in [0.5, 0.6) is 0 Å². The lowest BCUT2D eigenvalue weighted by atomic mass is 9.98. The molecule has 0 saturated carbocycles. The molecule has 5 heteroatoms. The van der Waals surface area contributed by atoms with E-state index in [4.69, 9.17) is 5.73 Å². The van der Waals surface area contributed by atoms with Crippen molar-refractivity contribution in [1.29, 1.82) is 0 Å². The standard InChI is InChI=1S/C15H15BrF2N2/c1-2-9-4-3-7-20-15(9)13(19)8-10-12(17)6-5-11(16)14(10)18/h3-7,13H,2,8,19H2,1H3. The summed E-state index contributed by atoms with van der Waals surface area (Å²) in [5, 5.41) is 0. The first-order valence-electron chi connectivity index (χ1n) is 6.36. The maximum absolute atomic E-state index is 14.0. The molecule has 1 aromatic carbocycles. The van der Waals surface area contributed by atoms with E-state index < -0.39 is 17.7 Å². The maximum Gasteiger partial charge on any atom is 0.143 e. The molecule has 2 rings (SSSR count). The van der Waals surface area contributed by atoms with Crippen molar-refractivity contribution in [3.63, 3.8) is 0 Å². The Kier molecular flexibility index (Phi) is 4.83. The lowest BCUT2D eigenvalue weighted by Crippen LogP contribution is -2.18. The molecule has 0 saturated heterocycles. The first kappa shape index (κ1) is 15.1. The summed E-state index contributed by atoms with van der Waals surface area (Å²) in [5.74, 6) is -1.19. The molecule has 0 aliphatic rings. The Morgan fingerprint density at radius 1 is 1.30 bits per heavy atom. The number of nitrogens with two attached hydrogens (primary N) is 1.